The molecule has 0 aromatic rings. The summed E-state index contributed by atoms with van der Waals surface area (Å²) < 4.78 is 26.9. The van der Waals surface area contributed by atoms with Crippen molar-refractivity contribution in [1.82, 2.24) is 0 Å². The smallest absolute Gasteiger partial charge is 0.272 e. The second-order valence-corrected chi connectivity index (χ2v) is 33.0. The molecule has 0 aromatic carbocycles. The van der Waals surface area contributed by atoms with Crippen LogP contribution in [0, 0.1) is 0 Å². The Balaban J connectivity index is 5.96. The van der Waals surface area contributed by atoms with Crippen LogP contribution in [0.4, 0.5) is 0 Å². The van der Waals surface area contributed by atoms with Crippen molar-refractivity contribution in [3.05, 3.63) is 0 Å². The lowest BCUT2D eigenvalue weighted by Crippen LogP contribution is -2.56. The van der Waals surface area contributed by atoms with Gasteiger partial charge in [0.1, 0.15) is 2.29 Å². The summed E-state index contributed by atoms with van der Waals surface area (Å²) in [5.74, 6) is 0. The van der Waals surface area contributed by atoms with Crippen LogP contribution >= 0.6 is 203 Å². The molecule has 0 spiro atoms. The third-order valence-corrected chi connectivity index (χ3v) is 32.0. The number of hydrogen-bond acceptors (Lipinski definition) is 3. The molecule has 13 heteroatoms. The van der Waals surface area contributed by atoms with Crippen molar-refractivity contribution in [2.24, 2.45) is 0 Å². The summed E-state index contributed by atoms with van der Waals surface area (Å²) in [7, 11) is -2.45. The molecule has 18 heavy (non-hydrogen) atoms. The third kappa shape index (κ3) is 5.01. The summed E-state index contributed by atoms with van der Waals surface area (Å²) in [5.41, 5.74) is 0. The summed E-state index contributed by atoms with van der Waals surface area (Å²) in [6.07, 6.45) is 0. The van der Waals surface area contributed by atoms with Crippen LogP contribution in [-0.4, -0.2) is 18.6 Å². The lowest BCUT2D eigenvalue weighted by Gasteiger charge is -2.46. The van der Waals surface area contributed by atoms with Crippen molar-refractivity contribution >= 4 is 213 Å². The molecule has 0 aromatic heterocycles. The van der Waals surface area contributed by atoms with Crippen LogP contribution in [0.15, 0.2) is 0 Å². The quantitative estimate of drug-likeness (QED) is 0.178. The minimum Gasteiger partial charge on any atom is -0.272 e. The zero-order chi connectivity index (χ0) is 15.2. The molecule has 0 N–H and O–H groups in total. The van der Waals surface area contributed by atoms with Crippen LogP contribution in [0.2, 0.25) is 0 Å². The predicted molar refractivity (Wildman–Crippen MR) is 153 cm³/mol. The molecule has 110 valence electrons. The van der Waals surface area contributed by atoms with E-state index in [0.717, 1.165) is 0 Å². The van der Waals surface area contributed by atoms with Gasteiger partial charge in [-0.15, -0.1) is 0 Å². The van der Waals surface area contributed by atoms with E-state index < -0.39 is 12.3 Å². The Hall–Kier alpha value is 6.48. The first-order valence-corrected chi connectivity index (χ1v) is 14.7. The average Bonchev–Trinajstić information content (AvgIpc) is 2.15. The largest absolute Gasteiger partial charge is 0.293 e. The normalized spacial score (nSPS) is 15.9. The molecule has 3 nitrogen and oxygen atoms in total. The van der Waals surface area contributed by atoms with Crippen LogP contribution in [0.3, 0.4) is 0 Å². The molecule has 0 radical (unpaired) electrons. The molecule has 0 unspecified atom stereocenters. The van der Waals surface area contributed by atoms with E-state index in [1.165, 1.54) is 7.11 Å². The molecular weight excluding hydrogens is 1280 g/mol. The third-order valence-electron chi connectivity index (χ3n) is 1.65. The molecule has 0 rings (SSSR count). The van der Waals surface area contributed by atoms with Crippen LogP contribution in [-0.2, 0) is 14.3 Å². The number of halogens is 9. The van der Waals surface area contributed by atoms with Crippen LogP contribution < -0.4 is 0 Å². The Morgan fingerprint density at radius 1 is 0.778 bits per heavy atom. The first-order valence-electron chi connectivity index (χ1n) is 3.56. The fourth-order valence-electron chi connectivity index (χ4n) is 0.622. The van der Waals surface area contributed by atoms with Crippen LogP contribution in [0.1, 0.15) is 0 Å². The SMILES string of the molecule is COS(=O)(=O)C(I)(I)C(I)(I)C(I)(I)C(I)(I)I. The van der Waals surface area contributed by atoms with Crippen LogP contribution in [0.25, 0.3) is 0 Å². The molecule has 0 fully saturated rings. The second kappa shape index (κ2) is 8.45. The maximum absolute atomic E-state index is 12.2. The van der Waals surface area contributed by atoms with E-state index in [4.69, 9.17) is 4.18 Å². The van der Waals surface area contributed by atoms with E-state index in [2.05, 4.69) is 158 Å². The van der Waals surface area contributed by atoms with Gasteiger partial charge in [-0.2, -0.15) is 8.42 Å². The van der Waals surface area contributed by atoms with E-state index in [9.17, 15) is 8.42 Å². The van der Waals surface area contributed by atoms with Crippen molar-refractivity contribution in [3.8, 4) is 0 Å². The number of alkyl halides is 9. The van der Waals surface area contributed by atoms with Crippen molar-refractivity contribution in [1.29, 1.82) is 0 Å². The van der Waals surface area contributed by atoms with Crippen molar-refractivity contribution < 1.29 is 12.6 Å². The highest BCUT2D eigenvalue weighted by atomic mass is 127. The lowest BCUT2D eigenvalue weighted by atomic mass is 10.4. The van der Waals surface area contributed by atoms with Gasteiger partial charge in [0.2, 0.25) is 0.760 Å². The van der Waals surface area contributed by atoms with Gasteiger partial charge < -0.3 is 0 Å². The molecule has 0 saturated carbocycles. The fourth-order valence-corrected chi connectivity index (χ4v) is 13.2. The van der Waals surface area contributed by atoms with Gasteiger partial charge in [0.05, 0.1) is 7.11 Å². The van der Waals surface area contributed by atoms with Gasteiger partial charge in [-0.25, -0.2) is 0 Å². The van der Waals surface area contributed by atoms with Gasteiger partial charge in [0.25, 0.3) is 10.1 Å². The summed E-state index contributed by atoms with van der Waals surface area (Å²) in [6.45, 7) is 0. The average molecular weight is 1290 g/mol. The maximum Gasteiger partial charge on any atom is 0.293 e. The molecule has 0 saturated heterocycles. The van der Waals surface area contributed by atoms with Gasteiger partial charge in [-0.3, -0.25) is 4.18 Å². The highest BCUT2D eigenvalue weighted by molar-refractivity contribution is 14.3. The van der Waals surface area contributed by atoms with E-state index >= 15 is 0 Å². The zero-order valence-electron chi connectivity index (χ0n) is 8.03. The lowest BCUT2D eigenvalue weighted by molar-refractivity contribution is 0.394. The van der Waals surface area contributed by atoms with Crippen molar-refractivity contribution in [2.75, 3.05) is 7.11 Å². The van der Waals surface area contributed by atoms with Gasteiger partial charge >= 0.3 is 0 Å². The molecule has 0 aliphatic heterocycles. The molecule has 0 aliphatic rings. The van der Waals surface area contributed by atoms with E-state index in [-0.39, 0.29) is 0.864 Å². The summed E-state index contributed by atoms with van der Waals surface area (Å²) >= 11 is 20.0. The standard InChI is InChI=1S/C5H3I9O3S/c1-17-18(15,16)5(13,14)3(8,9)2(6,7)4(10,11)12/h1H3. The topological polar surface area (TPSA) is 43.4 Å². The van der Waals surface area contributed by atoms with Gasteiger partial charge in [-0.05, 0) is 45.2 Å². The van der Waals surface area contributed by atoms with E-state index in [0.29, 0.717) is 0 Å². The molecule has 0 heterocycles. The Labute approximate surface area is 230 Å². The van der Waals surface area contributed by atoms with Crippen molar-refractivity contribution in [2.45, 2.75) is 3.05 Å². The molecule has 0 amide bonds. The Morgan fingerprint density at radius 2 is 1.11 bits per heavy atom. The van der Waals surface area contributed by atoms with E-state index in [1.807, 2.05) is 45.2 Å². The van der Waals surface area contributed by atoms with Crippen molar-refractivity contribution in [3.63, 3.8) is 0 Å². The molecule has 0 atom stereocenters. The predicted octanol–water partition coefficient (Wildman–Crippen LogP) is 6.58. The van der Waals surface area contributed by atoms with E-state index in [1.54, 1.807) is 0 Å². The summed E-state index contributed by atoms with van der Waals surface area (Å²) in [5, 5.41) is 0. The van der Waals surface area contributed by atoms with Gasteiger partial charge in [0, 0.05) is 0 Å². The summed E-state index contributed by atoms with van der Waals surface area (Å²) in [6, 6.07) is 0. The zero-order valence-corrected chi connectivity index (χ0v) is 28.3. The highest BCUT2D eigenvalue weighted by Gasteiger charge is 2.68. The van der Waals surface area contributed by atoms with Crippen LogP contribution in [0.5, 0.6) is 0 Å². The van der Waals surface area contributed by atoms with Gasteiger partial charge in [-0.1, -0.05) is 158 Å². The first kappa shape index (κ1) is 24.5. The molecule has 0 bridgehead atoms. The minimum absolute atomic E-state index is 0.158. The molecule has 0 aliphatic carbocycles. The Morgan fingerprint density at radius 3 is 1.33 bits per heavy atom. The Bertz CT molecular complexity index is 408. The maximum atomic E-state index is 12.2. The van der Waals surface area contributed by atoms with Gasteiger partial charge in [0.15, 0.2) is 0 Å². The monoisotopic (exact) mass is 1290 g/mol. The Kier molecular flexibility index (Phi) is 11.5. The second-order valence-electron chi connectivity index (χ2n) is 2.78. The summed E-state index contributed by atoms with van der Waals surface area (Å²) in [4.78, 5) is 0. The molecular formula is C5H3I9O3S. The minimum atomic E-state index is -3.66. The number of rotatable bonds is 5. The number of hydrogen-bond donors (Lipinski definition) is 0. The fraction of sp³-hybridized carbons (Fsp3) is 1.00. The highest BCUT2D eigenvalue weighted by Crippen LogP contribution is 2.70. The first-order chi connectivity index (χ1) is 7.56.